The summed E-state index contributed by atoms with van der Waals surface area (Å²) >= 11 is 0. The van der Waals surface area contributed by atoms with Crippen molar-refractivity contribution >= 4 is 18.0 Å². The van der Waals surface area contributed by atoms with E-state index in [0.717, 1.165) is 48.9 Å². The number of benzene rings is 2. The molecule has 35 heavy (non-hydrogen) atoms. The Labute approximate surface area is 207 Å². The monoisotopic (exact) mass is 506 g/mol. The van der Waals surface area contributed by atoms with E-state index in [1.54, 1.807) is 25.3 Å². The van der Waals surface area contributed by atoms with Gasteiger partial charge in [0.1, 0.15) is 17.7 Å². The summed E-state index contributed by atoms with van der Waals surface area (Å²) in [4.78, 5) is 2.39. The quantitative estimate of drug-likeness (QED) is 0.478. The molecule has 2 aliphatic heterocycles. The highest BCUT2D eigenvalue weighted by atomic mass is 35.5. The molecule has 3 heterocycles. The van der Waals surface area contributed by atoms with Gasteiger partial charge in [-0.05, 0) is 54.8 Å². The van der Waals surface area contributed by atoms with E-state index in [4.69, 9.17) is 9.47 Å². The zero-order valence-corrected chi connectivity index (χ0v) is 20.0. The number of rotatable bonds is 5. The number of alkyl halides is 3. The molecular formula is C25H26ClF3N4O2. The second-order valence-electron chi connectivity index (χ2n) is 8.73. The lowest BCUT2D eigenvalue weighted by Crippen LogP contribution is -2.46. The Morgan fingerprint density at radius 2 is 1.94 bits per heavy atom. The molecule has 0 amide bonds. The number of halogens is 4. The van der Waals surface area contributed by atoms with Gasteiger partial charge >= 0.3 is 6.18 Å². The molecule has 0 radical (unpaired) electrons. The predicted molar refractivity (Wildman–Crippen MR) is 128 cm³/mol. The highest BCUT2D eigenvalue weighted by Gasteiger charge is 2.40. The van der Waals surface area contributed by atoms with Crippen LogP contribution in [-0.2, 0) is 17.5 Å². The summed E-state index contributed by atoms with van der Waals surface area (Å²) in [6.45, 7) is 2.97. The van der Waals surface area contributed by atoms with Gasteiger partial charge in [0.2, 0.25) is 5.82 Å². The lowest BCUT2D eigenvalue weighted by Gasteiger charge is -2.38. The first-order valence-electron chi connectivity index (χ1n) is 11.1. The third-order valence-electron chi connectivity index (χ3n) is 6.38. The molecule has 1 saturated heterocycles. The Hall–Kier alpha value is -2.88. The number of methoxy groups -OCH3 is 1. The molecule has 6 nitrogen and oxygen atoms in total. The van der Waals surface area contributed by atoms with Gasteiger partial charge in [-0.15, -0.1) is 22.6 Å². The number of hydrogen-bond acceptors (Lipinski definition) is 5. The molecule has 1 fully saturated rings. The third kappa shape index (κ3) is 5.22. The standard InChI is InChI=1S/C25H25F3N4O2.ClH/c1-33-22-9-8-20(32-17-29-30-23(32)25(26,27)28)12-21(22)19-13-24(34-15-19)10-5-11-31(16-24)14-18-6-3-2-4-7-18;/h2-4,6-9,12-13,17H,5,10-11,14-16H2,1H3;1H. The van der Waals surface area contributed by atoms with Crippen LogP contribution in [0.5, 0.6) is 5.75 Å². The molecular weight excluding hydrogens is 481 g/mol. The first kappa shape index (κ1) is 25.2. The molecule has 2 aliphatic rings. The normalized spacial score (nSPS) is 20.5. The van der Waals surface area contributed by atoms with E-state index in [1.807, 2.05) is 18.2 Å². The van der Waals surface area contributed by atoms with Crippen molar-refractivity contribution in [3.8, 4) is 11.4 Å². The summed E-state index contributed by atoms with van der Waals surface area (Å²) in [5.41, 5.74) is 2.76. The Balaban J connectivity index is 0.00000289. The van der Waals surface area contributed by atoms with E-state index in [1.165, 1.54) is 5.56 Å². The van der Waals surface area contributed by atoms with Crippen molar-refractivity contribution in [3.05, 3.63) is 77.9 Å². The molecule has 1 spiro atoms. The molecule has 3 aromatic rings. The van der Waals surface area contributed by atoms with Crippen LogP contribution in [0, 0.1) is 0 Å². The van der Waals surface area contributed by atoms with Gasteiger partial charge in [0.25, 0.3) is 0 Å². The highest BCUT2D eigenvalue weighted by Crippen LogP contribution is 2.40. The zero-order valence-electron chi connectivity index (χ0n) is 19.2. The Kier molecular flexibility index (Phi) is 7.21. The Morgan fingerprint density at radius 1 is 1.14 bits per heavy atom. The van der Waals surface area contributed by atoms with E-state index in [9.17, 15) is 13.2 Å². The van der Waals surface area contributed by atoms with Crippen molar-refractivity contribution in [1.82, 2.24) is 19.7 Å². The van der Waals surface area contributed by atoms with Crippen LogP contribution in [0.3, 0.4) is 0 Å². The van der Waals surface area contributed by atoms with Crippen LogP contribution in [0.25, 0.3) is 11.3 Å². The summed E-state index contributed by atoms with van der Waals surface area (Å²) < 4.78 is 52.9. The molecule has 1 aromatic heterocycles. The van der Waals surface area contributed by atoms with E-state index < -0.39 is 17.6 Å². The molecule has 0 N–H and O–H groups in total. The summed E-state index contributed by atoms with van der Waals surface area (Å²) in [6, 6.07) is 15.2. The number of likely N-dealkylation sites (tertiary alicyclic amines) is 1. The van der Waals surface area contributed by atoms with E-state index in [2.05, 4.69) is 33.3 Å². The molecule has 2 aromatic carbocycles. The third-order valence-corrected chi connectivity index (χ3v) is 6.38. The van der Waals surface area contributed by atoms with Crippen molar-refractivity contribution in [2.45, 2.75) is 31.2 Å². The molecule has 1 atom stereocenters. The van der Waals surface area contributed by atoms with E-state index in [0.29, 0.717) is 23.6 Å². The second-order valence-corrected chi connectivity index (χ2v) is 8.73. The van der Waals surface area contributed by atoms with Crippen LogP contribution in [-0.4, -0.2) is 52.1 Å². The maximum Gasteiger partial charge on any atom is 0.452 e. The SMILES string of the molecule is COc1ccc(-n2cnnc2C(F)(F)F)cc1C1=CC2(CCCN(Cc3ccccc3)C2)OC1.Cl. The molecule has 10 heteroatoms. The highest BCUT2D eigenvalue weighted by molar-refractivity contribution is 5.85. The van der Waals surface area contributed by atoms with Gasteiger partial charge in [-0.2, -0.15) is 13.2 Å². The Morgan fingerprint density at radius 3 is 2.69 bits per heavy atom. The van der Waals surface area contributed by atoms with Crippen LogP contribution >= 0.6 is 12.4 Å². The first-order valence-corrected chi connectivity index (χ1v) is 11.1. The fourth-order valence-electron chi connectivity index (χ4n) is 4.84. The molecule has 186 valence electrons. The van der Waals surface area contributed by atoms with Gasteiger partial charge < -0.3 is 9.47 Å². The number of aromatic nitrogens is 3. The van der Waals surface area contributed by atoms with Gasteiger partial charge in [-0.3, -0.25) is 9.47 Å². The topological polar surface area (TPSA) is 52.4 Å². The maximum absolute atomic E-state index is 13.4. The Bertz CT molecular complexity index is 1200. The summed E-state index contributed by atoms with van der Waals surface area (Å²) in [5.74, 6) is -0.491. The largest absolute Gasteiger partial charge is 0.496 e. The average molecular weight is 507 g/mol. The van der Waals surface area contributed by atoms with Crippen molar-refractivity contribution in [2.24, 2.45) is 0 Å². The average Bonchev–Trinajstić information content (AvgIpc) is 3.47. The number of piperidine rings is 1. The van der Waals surface area contributed by atoms with Gasteiger partial charge in [-0.25, -0.2) is 0 Å². The van der Waals surface area contributed by atoms with Gasteiger partial charge in [-0.1, -0.05) is 30.3 Å². The fourth-order valence-corrected chi connectivity index (χ4v) is 4.84. The van der Waals surface area contributed by atoms with Crippen molar-refractivity contribution < 1.29 is 22.6 Å². The molecule has 1 unspecified atom stereocenters. The van der Waals surface area contributed by atoms with Crippen LogP contribution in [0.2, 0.25) is 0 Å². The van der Waals surface area contributed by atoms with Gasteiger partial charge in [0, 0.05) is 24.3 Å². The maximum atomic E-state index is 13.4. The van der Waals surface area contributed by atoms with Crippen LogP contribution in [0.15, 0.2) is 60.9 Å². The smallest absolute Gasteiger partial charge is 0.452 e. The second kappa shape index (κ2) is 10.0. The lowest BCUT2D eigenvalue weighted by molar-refractivity contribution is -0.146. The molecule has 5 rings (SSSR count). The molecule has 0 aliphatic carbocycles. The minimum absolute atomic E-state index is 0. The summed E-state index contributed by atoms with van der Waals surface area (Å²) in [6.07, 6.45) is 0.484. The van der Waals surface area contributed by atoms with Crippen molar-refractivity contribution in [1.29, 1.82) is 0 Å². The van der Waals surface area contributed by atoms with Crippen LogP contribution in [0.4, 0.5) is 13.2 Å². The number of nitrogens with zero attached hydrogens (tertiary/aromatic N) is 4. The van der Waals surface area contributed by atoms with Gasteiger partial charge in [0.05, 0.1) is 13.7 Å². The minimum Gasteiger partial charge on any atom is -0.496 e. The predicted octanol–water partition coefficient (Wildman–Crippen LogP) is 5.16. The van der Waals surface area contributed by atoms with Crippen molar-refractivity contribution in [2.75, 3.05) is 26.8 Å². The lowest BCUT2D eigenvalue weighted by atomic mass is 9.90. The number of hydrogen-bond donors (Lipinski definition) is 0. The van der Waals surface area contributed by atoms with Crippen LogP contribution in [0.1, 0.15) is 29.8 Å². The van der Waals surface area contributed by atoms with Gasteiger partial charge in [0.15, 0.2) is 0 Å². The molecule has 0 bridgehead atoms. The number of ether oxygens (including phenoxy) is 2. The summed E-state index contributed by atoms with van der Waals surface area (Å²) in [5, 5.41) is 6.72. The van der Waals surface area contributed by atoms with E-state index >= 15 is 0 Å². The van der Waals surface area contributed by atoms with E-state index in [-0.39, 0.29) is 12.4 Å². The first-order chi connectivity index (χ1) is 16.4. The minimum atomic E-state index is -4.61. The molecule has 0 saturated carbocycles. The van der Waals surface area contributed by atoms with Crippen LogP contribution < -0.4 is 4.74 Å². The zero-order chi connectivity index (χ0) is 23.8. The van der Waals surface area contributed by atoms with Crippen molar-refractivity contribution in [3.63, 3.8) is 0 Å². The summed E-state index contributed by atoms with van der Waals surface area (Å²) in [7, 11) is 1.55. The fraction of sp³-hybridized carbons (Fsp3) is 0.360.